The van der Waals surface area contributed by atoms with Gasteiger partial charge in [-0.2, -0.15) is 0 Å². The van der Waals surface area contributed by atoms with E-state index in [1.807, 2.05) is 30.3 Å². The molecule has 3 aromatic rings. The molecule has 1 aromatic heterocycles. The van der Waals surface area contributed by atoms with Crippen LogP contribution >= 0.6 is 0 Å². The number of aromatic nitrogens is 1. The molecule has 0 aliphatic rings. The van der Waals surface area contributed by atoms with Crippen molar-refractivity contribution in [3.05, 3.63) is 59.8 Å². The van der Waals surface area contributed by atoms with Crippen LogP contribution in [0.5, 0.6) is 0 Å². The van der Waals surface area contributed by atoms with Gasteiger partial charge in [-0.25, -0.2) is 0 Å². The molecule has 0 aliphatic heterocycles. The fourth-order valence-corrected chi connectivity index (χ4v) is 2.17. The van der Waals surface area contributed by atoms with Gasteiger partial charge in [0.25, 0.3) is 0 Å². The summed E-state index contributed by atoms with van der Waals surface area (Å²) in [5.41, 5.74) is 5.39. The average molecular weight is 236 g/mol. The number of aliphatic hydroxyl groups excluding tert-OH is 1. The summed E-state index contributed by atoms with van der Waals surface area (Å²) >= 11 is 0. The molecule has 1 heterocycles. The van der Waals surface area contributed by atoms with Crippen molar-refractivity contribution in [2.24, 2.45) is 0 Å². The van der Waals surface area contributed by atoms with Gasteiger partial charge in [0.05, 0.1) is 6.61 Å². The summed E-state index contributed by atoms with van der Waals surface area (Å²) in [7, 11) is 0. The lowest BCUT2D eigenvalue weighted by Gasteiger charge is -2.03. The van der Waals surface area contributed by atoms with Gasteiger partial charge in [0, 0.05) is 16.6 Å². The number of fused-ring (bicyclic) bond motifs is 1. The zero-order valence-corrected chi connectivity index (χ0v) is 10.2. The van der Waals surface area contributed by atoms with E-state index >= 15 is 0 Å². The molecule has 2 aromatic carbocycles. The summed E-state index contributed by atoms with van der Waals surface area (Å²) in [4.78, 5) is 3.29. The average Bonchev–Trinajstić information content (AvgIpc) is 2.78. The Morgan fingerprint density at radius 3 is 2.67 bits per heavy atom. The van der Waals surface area contributed by atoms with E-state index in [4.69, 9.17) is 5.11 Å². The number of aliphatic hydroxyl groups is 1. The molecule has 0 saturated carbocycles. The van der Waals surface area contributed by atoms with E-state index in [-0.39, 0.29) is 6.61 Å². The highest BCUT2D eigenvalue weighted by Gasteiger charge is 2.02. The van der Waals surface area contributed by atoms with Crippen LogP contribution in [0.1, 0.15) is 11.3 Å². The first kappa shape index (κ1) is 11.1. The second-order valence-electron chi connectivity index (χ2n) is 4.52. The Bertz CT molecular complexity index is 680. The van der Waals surface area contributed by atoms with E-state index in [2.05, 4.69) is 30.1 Å². The first-order valence-electron chi connectivity index (χ1n) is 5.97. The molecule has 2 heteroatoms. The zero-order chi connectivity index (χ0) is 12.5. The molecule has 0 atom stereocenters. The van der Waals surface area contributed by atoms with Crippen molar-refractivity contribution in [2.75, 3.05) is 0 Å². The number of hydrogen-bond acceptors (Lipinski definition) is 1. The molecule has 89 valence electrons. The molecule has 1 radical (unpaired) electrons. The largest absolute Gasteiger partial charge is 0.392 e. The smallest absolute Gasteiger partial charge is 0.0681 e. The Morgan fingerprint density at radius 2 is 1.94 bits per heavy atom. The van der Waals surface area contributed by atoms with E-state index in [0.717, 1.165) is 27.9 Å². The summed E-state index contributed by atoms with van der Waals surface area (Å²) < 4.78 is 0. The number of H-pyrrole nitrogens is 1. The highest BCUT2D eigenvalue weighted by molar-refractivity contribution is 5.85. The SMILES string of the molecule is Cc1cc2cc(-c3ccc(CO)cc3)[c]cc2[nH]1. The molecule has 0 saturated heterocycles. The Balaban J connectivity index is 2.06. The quantitative estimate of drug-likeness (QED) is 0.702. The van der Waals surface area contributed by atoms with E-state index in [1.165, 1.54) is 5.39 Å². The standard InChI is InChI=1S/C16H14NO/c1-11-8-15-9-14(6-7-16(15)17-11)13-4-2-12(10-18)3-5-13/h2-5,7-9,17-18H,10H2,1H3. The number of rotatable bonds is 2. The predicted molar refractivity (Wildman–Crippen MR) is 73.2 cm³/mol. The Morgan fingerprint density at radius 1 is 1.17 bits per heavy atom. The summed E-state index contributed by atoms with van der Waals surface area (Å²) in [5, 5.41) is 10.2. The van der Waals surface area contributed by atoms with Gasteiger partial charge in [0.15, 0.2) is 0 Å². The van der Waals surface area contributed by atoms with Crippen LogP contribution in [0.25, 0.3) is 22.0 Å². The van der Waals surface area contributed by atoms with Crippen molar-refractivity contribution in [1.29, 1.82) is 0 Å². The fraction of sp³-hybridized carbons (Fsp3) is 0.125. The number of hydrogen-bond donors (Lipinski definition) is 2. The second-order valence-corrected chi connectivity index (χ2v) is 4.52. The molecule has 18 heavy (non-hydrogen) atoms. The number of nitrogens with one attached hydrogen (secondary N) is 1. The van der Waals surface area contributed by atoms with Crippen LogP contribution < -0.4 is 0 Å². The highest BCUT2D eigenvalue weighted by Crippen LogP contribution is 2.24. The monoisotopic (exact) mass is 236 g/mol. The maximum Gasteiger partial charge on any atom is 0.0681 e. The van der Waals surface area contributed by atoms with Gasteiger partial charge >= 0.3 is 0 Å². The molecule has 0 unspecified atom stereocenters. The molecule has 0 amide bonds. The van der Waals surface area contributed by atoms with Gasteiger partial charge < -0.3 is 10.1 Å². The highest BCUT2D eigenvalue weighted by atomic mass is 16.3. The third kappa shape index (κ3) is 1.91. The number of aryl methyl sites for hydroxylation is 1. The molecule has 0 aliphatic carbocycles. The molecule has 3 rings (SSSR count). The van der Waals surface area contributed by atoms with Crippen molar-refractivity contribution in [3.63, 3.8) is 0 Å². The van der Waals surface area contributed by atoms with Crippen LogP contribution in [0.2, 0.25) is 0 Å². The zero-order valence-electron chi connectivity index (χ0n) is 10.2. The summed E-state index contributed by atoms with van der Waals surface area (Å²) in [6.07, 6.45) is 0. The first-order chi connectivity index (χ1) is 8.76. The first-order valence-corrected chi connectivity index (χ1v) is 5.97. The Hall–Kier alpha value is -2.06. The van der Waals surface area contributed by atoms with Crippen LogP contribution in [0.15, 0.2) is 42.5 Å². The minimum absolute atomic E-state index is 0.0834. The molecular formula is C16H14NO. The van der Waals surface area contributed by atoms with Crippen LogP contribution in [-0.2, 0) is 6.61 Å². The summed E-state index contributed by atoms with van der Waals surface area (Å²) in [5.74, 6) is 0. The minimum atomic E-state index is 0.0834. The fourth-order valence-electron chi connectivity index (χ4n) is 2.17. The molecule has 0 fully saturated rings. The van der Waals surface area contributed by atoms with Crippen molar-refractivity contribution in [1.82, 2.24) is 4.98 Å². The van der Waals surface area contributed by atoms with Gasteiger partial charge in [-0.3, -0.25) is 0 Å². The topological polar surface area (TPSA) is 36.0 Å². The van der Waals surface area contributed by atoms with Crippen LogP contribution in [0, 0.1) is 13.0 Å². The molecule has 2 N–H and O–H groups in total. The minimum Gasteiger partial charge on any atom is -0.392 e. The predicted octanol–water partition coefficient (Wildman–Crippen LogP) is 3.44. The van der Waals surface area contributed by atoms with Gasteiger partial charge in [-0.05, 0) is 47.9 Å². The van der Waals surface area contributed by atoms with Gasteiger partial charge in [0.2, 0.25) is 0 Å². The van der Waals surface area contributed by atoms with Crippen molar-refractivity contribution in [3.8, 4) is 11.1 Å². The third-order valence-electron chi connectivity index (χ3n) is 3.13. The van der Waals surface area contributed by atoms with Crippen molar-refractivity contribution in [2.45, 2.75) is 13.5 Å². The Labute approximate surface area is 106 Å². The normalized spacial score (nSPS) is 11.0. The van der Waals surface area contributed by atoms with Crippen LogP contribution in [-0.4, -0.2) is 10.1 Å². The molecule has 2 nitrogen and oxygen atoms in total. The van der Waals surface area contributed by atoms with E-state index in [1.54, 1.807) is 0 Å². The van der Waals surface area contributed by atoms with Crippen molar-refractivity contribution >= 4 is 10.9 Å². The lowest BCUT2D eigenvalue weighted by atomic mass is 10.0. The Kier molecular flexibility index (Phi) is 2.65. The lowest BCUT2D eigenvalue weighted by molar-refractivity contribution is 0.282. The maximum absolute atomic E-state index is 9.03. The molecule has 0 bridgehead atoms. The van der Waals surface area contributed by atoms with Gasteiger partial charge in [-0.15, -0.1) is 0 Å². The van der Waals surface area contributed by atoms with E-state index < -0.39 is 0 Å². The van der Waals surface area contributed by atoms with E-state index in [0.29, 0.717) is 0 Å². The summed E-state index contributed by atoms with van der Waals surface area (Å²) in [6.45, 7) is 2.13. The summed E-state index contributed by atoms with van der Waals surface area (Å²) in [6, 6.07) is 17.4. The number of aromatic amines is 1. The lowest BCUT2D eigenvalue weighted by Crippen LogP contribution is -1.83. The van der Waals surface area contributed by atoms with Gasteiger partial charge in [-0.1, -0.05) is 24.3 Å². The number of benzene rings is 2. The van der Waals surface area contributed by atoms with Gasteiger partial charge in [0.1, 0.15) is 0 Å². The van der Waals surface area contributed by atoms with Crippen LogP contribution in [0.3, 0.4) is 0 Å². The third-order valence-corrected chi connectivity index (χ3v) is 3.13. The second kappa shape index (κ2) is 4.31. The van der Waals surface area contributed by atoms with E-state index in [9.17, 15) is 0 Å². The van der Waals surface area contributed by atoms with Crippen molar-refractivity contribution < 1.29 is 5.11 Å². The molecule has 0 spiro atoms. The maximum atomic E-state index is 9.03. The van der Waals surface area contributed by atoms with Crippen LogP contribution in [0.4, 0.5) is 0 Å². The molecular weight excluding hydrogens is 222 g/mol.